The number of piperidine rings is 1. The van der Waals surface area contributed by atoms with Crippen molar-refractivity contribution in [3.05, 3.63) is 59.7 Å². The number of benzene rings is 1. The van der Waals surface area contributed by atoms with Crippen molar-refractivity contribution in [1.29, 1.82) is 0 Å². The Labute approximate surface area is 145 Å². The lowest BCUT2D eigenvalue weighted by Crippen LogP contribution is -2.50. The fraction of sp³-hybridized carbons (Fsp3) is 0.476. The molecule has 3 heteroatoms. The van der Waals surface area contributed by atoms with Crippen LogP contribution in [0.4, 0.5) is 0 Å². The van der Waals surface area contributed by atoms with Gasteiger partial charge in [0.25, 0.3) is 0 Å². The number of carbonyl (C=O) groups is 1. The van der Waals surface area contributed by atoms with E-state index in [1.54, 1.807) is 0 Å². The molecular formula is C21H27NO2. The SMILES string of the molecule is CCOC(=O)CC1=CC=CCC1(c1ccccc1)N1CCCCC1. The van der Waals surface area contributed by atoms with Crippen molar-refractivity contribution in [2.24, 2.45) is 0 Å². The highest BCUT2D eigenvalue weighted by atomic mass is 16.5. The molecular weight excluding hydrogens is 298 g/mol. The van der Waals surface area contributed by atoms with E-state index in [0.29, 0.717) is 13.0 Å². The fourth-order valence-electron chi connectivity index (χ4n) is 4.07. The molecule has 1 aliphatic carbocycles. The smallest absolute Gasteiger partial charge is 0.309 e. The highest BCUT2D eigenvalue weighted by Gasteiger charge is 2.42. The summed E-state index contributed by atoms with van der Waals surface area (Å²) in [6, 6.07) is 10.7. The monoisotopic (exact) mass is 325 g/mol. The van der Waals surface area contributed by atoms with Crippen LogP contribution in [-0.4, -0.2) is 30.6 Å². The molecule has 0 bridgehead atoms. The maximum absolute atomic E-state index is 12.2. The summed E-state index contributed by atoms with van der Waals surface area (Å²) in [5.74, 6) is -0.128. The lowest BCUT2D eigenvalue weighted by molar-refractivity contribution is -0.142. The van der Waals surface area contributed by atoms with Crippen molar-refractivity contribution in [2.75, 3.05) is 19.7 Å². The Balaban J connectivity index is 2.00. The van der Waals surface area contributed by atoms with E-state index in [1.165, 1.54) is 24.8 Å². The zero-order chi connectivity index (χ0) is 16.8. The van der Waals surface area contributed by atoms with Crippen molar-refractivity contribution >= 4 is 5.97 Å². The Bertz CT molecular complexity index is 614. The summed E-state index contributed by atoms with van der Waals surface area (Å²) in [6.45, 7) is 4.47. The maximum atomic E-state index is 12.2. The molecule has 0 saturated carbocycles. The molecule has 1 unspecified atom stereocenters. The molecule has 1 aromatic carbocycles. The van der Waals surface area contributed by atoms with Crippen LogP contribution in [-0.2, 0) is 15.1 Å². The predicted molar refractivity (Wildman–Crippen MR) is 96.6 cm³/mol. The molecule has 0 amide bonds. The van der Waals surface area contributed by atoms with Gasteiger partial charge in [-0.05, 0) is 50.4 Å². The molecule has 1 saturated heterocycles. The van der Waals surface area contributed by atoms with Gasteiger partial charge in [0.05, 0.1) is 18.6 Å². The van der Waals surface area contributed by atoms with Gasteiger partial charge in [-0.25, -0.2) is 0 Å². The molecule has 1 aliphatic heterocycles. The lowest BCUT2D eigenvalue weighted by Gasteiger charge is -2.48. The van der Waals surface area contributed by atoms with Gasteiger partial charge in [0, 0.05) is 0 Å². The van der Waals surface area contributed by atoms with E-state index < -0.39 is 0 Å². The van der Waals surface area contributed by atoms with E-state index in [0.717, 1.165) is 25.1 Å². The van der Waals surface area contributed by atoms with Crippen LogP contribution in [0.5, 0.6) is 0 Å². The van der Waals surface area contributed by atoms with E-state index in [-0.39, 0.29) is 11.5 Å². The first-order valence-corrected chi connectivity index (χ1v) is 9.10. The number of esters is 1. The van der Waals surface area contributed by atoms with Crippen LogP contribution in [0.1, 0.15) is 44.6 Å². The van der Waals surface area contributed by atoms with Crippen LogP contribution < -0.4 is 0 Å². The van der Waals surface area contributed by atoms with Crippen LogP contribution in [0.25, 0.3) is 0 Å². The Morgan fingerprint density at radius 3 is 2.62 bits per heavy atom. The van der Waals surface area contributed by atoms with Gasteiger partial charge >= 0.3 is 5.97 Å². The van der Waals surface area contributed by atoms with Crippen molar-refractivity contribution < 1.29 is 9.53 Å². The Morgan fingerprint density at radius 2 is 1.92 bits per heavy atom. The third-order valence-corrected chi connectivity index (χ3v) is 5.17. The number of carbonyl (C=O) groups excluding carboxylic acids is 1. The molecule has 24 heavy (non-hydrogen) atoms. The molecule has 2 aliphatic rings. The molecule has 1 heterocycles. The van der Waals surface area contributed by atoms with E-state index in [4.69, 9.17) is 4.74 Å². The number of ether oxygens (including phenoxy) is 1. The van der Waals surface area contributed by atoms with E-state index in [9.17, 15) is 4.79 Å². The maximum Gasteiger partial charge on any atom is 0.309 e. The Kier molecular flexibility index (Phi) is 5.52. The van der Waals surface area contributed by atoms with Gasteiger partial charge in [-0.15, -0.1) is 0 Å². The van der Waals surface area contributed by atoms with E-state index >= 15 is 0 Å². The number of hydrogen-bond donors (Lipinski definition) is 0. The highest BCUT2D eigenvalue weighted by molar-refractivity contribution is 5.73. The van der Waals surface area contributed by atoms with Gasteiger partial charge in [-0.3, -0.25) is 9.69 Å². The highest BCUT2D eigenvalue weighted by Crippen LogP contribution is 2.44. The Morgan fingerprint density at radius 1 is 1.17 bits per heavy atom. The van der Waals surface area contributed by atoms with Crippen LogP contribution in [0.15, 0.2) is 54.1 Å². The zero-order valence-corrected chi connectivity index (χ0v) is 14.5. The molecule has 0 spiro atoms. The quantitative estimate of drug-likeness (QED) is 0.760. The summed E-state index contributed by atoms with van der Waals surface area (Å²) in [6.07, 6.45) is 11.5. The molecule has 1 fully saturated rings. The first kappa shape index (κ1) is 17.0. The molecule has 0 aromatic heterocycles. The summed E-state index contributed by atoms with van der Waals surface area (Å²) in [5, 5.41) is 0. The molecule has 0 radical (unpaired) electrons. The summed E-state index contributed by atoms with van der Waals surface area (Å²) in [4.78, 5) is 14.8. The molecule has 128 valence electrons. The molecule has 1 aromatic rings. The number of rotatable bonds is 5. The van der Waals surface area contributed by atoms with E-state index in [2.05, 4.69) is 53.5 Å². The number of hydrogen-bond acceptors (Lipinski definition) is 3. The van der Waals surface area contributed by atoms with E-state index in [1.807, 2.05) is 6.92 Å². The molecule has 3 rings (SSSR count). The topological polar surface area (TPSA) is 29.5 Å². The largest absolute Gasteiger partial charge is 0.466 e. The summed E-state index contributed by atoms with van der Waals surface area (Å²) in [7, 11) is 0. The first-order valence-electron chi connectivity index (χ1n) is 9.10. The average molecular weight is 325 g/mol. The number of likely N-dealkylation sites (tertiary alicyclic amines) is 1. The van der Waals surface area contributed by atoms with Crippen LogP contribution in [0, 0.1) is 0 Å². The van der Waals surface area contributed by atoms with Gasteiger partial charge in [0.1, 0.15) is 0 Å². The molecule has 1 atom stereocenters. The van der Waals surface area contributed by atoms with Crippen molar-refractivity contribution in [1.82, 2.24) is 4.90 Å². The van der Waals surface area contributed by atoms with Gasteiger partial charge in [0.15, 0.2) is 0 Å². The minimum atomic E-state index is -0.205. The molecule has 0 N–H and O–H groups in total. The second-order valence-corrected chi connectivity index (χ2v) is 6.58. The summed E-state index contributed by atoms with van der Waals surface area (Å²) >= 11 is 0. The number of allylic oxidation sites excluding steroid dienone is 2. The second-order valence-electron chi connectivity index (χ2n) is 6.58. The second kappa shape index (κ2) is 7.80. The first-order chi connectivity index (χ1) is 11.8. The normalized spacial score (nSPS) is 24.5. The Hall–Kier alpha value is -1.87. The number of nitrogens with zero attached hydrogens (tertiary/aromatic N) is 1. The van der Waals surface area contributed by atoms with Gasteiger partial charge < -0.3 is 4.74 Å². The summed E-state index contributed by atoms with van der Waals surface area (Å²) < 4.78 is 5.24. The minimum absolute atomic E-state index is 0.128. The standard InChI is InChI=1S/C21H27NO2/c1-2-24-20(23)17-19-13-7-8-14-21(19,18-11-5-3-6-12-18)22-15-9-4-10-16-22/h3,5-8,11-13H,2,4,9-10,14-17H2,1H3. The molecule has 3 nitrogen and oxygen atoms in total. The van der Waals surface area contributed by atoms with Gasteiger partial charge in [-0.1, -0.05) is 55.0 Å². The third-order valence-electron chi connectivity index (χ3n) is 5.17. The van der Waals surface area contributed by atoms with Crippen molar-refractivity contribution in [3.63, 3.8) is 0 Å². The van der Waals surface area contributed by atoms with Crippen LogP contribution in [0.2, 0.25) is 0 Å². The van der Waals surface area contributed by atoms with Gasteiger partial charge in [0.2, 0.25) is 0 Å². The average Bonchev–Trinajstić information content (AvgIpc) is 2.64. The predicted octanol–water partition coefficient (Wildman–Crippen LogP) is 4.21. The van der Waals surface area contributed by atoms with Crippen LogP contribution in [0.3, 0.4) is 0 Å². The van der Waals surface area contributed by atoms with Gasteiger partial charge in [-0.2, -0.15) is 0 Å². The van der Waals surface area contributed by atoms with Crippen molar-refractivity contribution in [3.8, 4) is 0 Å². The fourth-order valence-corrected chi connectivity index (χ4v) is 4.07. The third kappa shape index (κ3) is 3.32. The minimum Gasteiger partial charge on any atom is -0.466 e. The lowest BCUT2D eigenvalue weighted by atomic mass is 9.74. The summed E-state index contributed by atoms with van der Waals surface area (Å²) in [5.41, 5.74) is 2.24. The zero-order valence-electron chi connectivity index (χ0n) is 14.5. The van der Waals surface area contributed by atoms with Crippen molar-refractivity contribution in [2.45, 2.75) is 44.6 Å². The van der Waals surface area contributed by atoms with Crippen LogP contribution >= 0.6 is 0 Å².